The van der Waals surface area contributed by atoms with Crippen molar-refractivity contribution in [1.29, 1.82) is 0 Å². The number of aliphatic carboxylic acids is 1. The van der Waals surface area contributed by atoms with Crippen LogP contribution in [-0.4, -0.2) is 23.5 Å². The van der Waals surface area contributed by atoms with Crippen molar-refractivity contribution < 1.29 is 18.3 Å². The number of benzene rings is 2. The van der Waals surface area contributed by atoms with Crippen LogP contribution in [0.15, 0.2) is 53.4 Å². The molecule has 5 nitrogen and oxygen atoms in total. The number of hydrogen-bond donors (Lipinski definition) is 1. The minimum atomic E-state index is -3.86. The number of nitrogens with zero attached hydrogens (tertiary/aromatic N) is 1. The van der Waals surface area contributed by atoms with Gasteiger partial charge < -0.3 is 5.11 Å². The number of carboxylic acid groups (broad SMARTS) is 1. The number of carbonyl (C=O) groups is 1. The number of aromatic nitrogens is 1. The van der Waals surface area contributed by atoms with Crippen LogP contribution in [-0.2, 0) is 27.7 Å². The molecule has 7 heteroatoms. The summed E-state index contributed by atoms with van der Waals surface area (Å²) < 4.78 is 27.9. The Balaban J connectivity index is 2.14. The van der Waals surface area contributed by atoms with Gasteiger partial charge in [-0.2, -0.15) is 0 Å². The van der Waals surface area contributed by atoms with Gasteiger partial charge in [-0.25, -0.2) is 12.4 Å². The Bertz CT molecular complexity index is 1090. The van der Waals surface area contributed by atoms with Crippen molar-refractivity contribution in [3.05, 3.63) is 64.8 Å². The summed E-state index contributed by atoms with van der Waals surface area (Å²) in [6.45, 7) is 2.07. The monoisotopic (exact) mass is 405 g/mol. The van der Waals surface area contributed by atoms with Crippen molar-refractivity contribution in [2.24, 2.45) is 0 Å². The Hall–Kier alpha value is -2.31. The zero-order valence-corrected chi connectivity index (χ0v) is 16.4. The molecule has 0 aliphatic heterocycles. The lowest BCUT2D eigenvalue weighted by atomic mass is 10.1. The average molecular weight is 406 g/mol. The van der Waals surface area contributed by atoms with Crippen LogP contribution in [0, 0.1) is 0 Å². The second-order valence-electron chi connectivity index (χ2n) is 6.40. The SMILES string of the molecule is CCCc1ccc(S(=O)(=O)n2c(CCC(=O)O)cc3cc(Cl)ccc32)cc1. The molecule has 0 saturated heterocycles. The van der Waals surface area contributed by atoms with Crippen LogP contribution in [0.4, 0.5) is 0 Å². The summed E-state index contributed by atoms with van der Waals surface area (Å²) >= 11 is 6.03. The molecule has 3 aromatic rings. The number of rotatable bonds is 7. The first kappa shape index (κ1) is 19.5. The summed E-state index contributed by atoms with van der Waals surface area (Å²) in [4.78, 5) is 11.2. The molecule has 1 heterocycles. The van der Waals surface area contributed by atoms with Gasteiger partial charge in [-0.15, -0.1) is 0 Å². The summed E-state index contributed by atoms with van der Waals surface area (Å²) in [6.07, 6.45) is 1.81. The molecule has 0 bridgehead atoms. The number of carboxylic acids is 1. The molecule has 0 radical (unpaired) electrons. The van der Waals surface area contributed by atoms with Gasteiger partial charge in [0.2, 0.25) is 0 Å². The molecule has 1 aromatic heterocycles. The van der Waals surface area contributed by atoms with Gasteiger partial charge in [0.1, 0.15) is 0 Å². The fourth-order valence-electron chi connectivity index (χ4n) is 3.13. The predicted octanol–water partition coefficient (Wildman–Crippen LogP) is 4.50. The summed E-state index contributed by atoms with van der Waals surface area (Å²) in [6, 6.07) is 13.5. The van der Waals surface area contributed by atoms with Crippen molar-refractivity contribution >= 4 is 38.5 Å². The van der Waals surface area contributed by atoms with Crippen molar-refractivity contribution in [3.63, 3.8) is 0 Å². The van der Waals surface area contributed by atoms with Crippen molar-refractivity contribution in [2.75, 3.05) is 0 Å². The zero-order chi connectivity index (χ0) is 19.6. The molecule has 0 aliphatic carbocycles. The van der Waals surface area contributed by atoms with Crippen LogP contribution >= 0.6 is 11.6 Å². The van der Waals surface area contributed by atoms with Crippen molar-refractivity contribution in [1.82, 2.24) is 3.97 Å². The zero-order valence-electron chi connectivity index (χ0n) is 14.9. The summed E-state index contributed by atoms with van der Waals surface area (Å²) in [7, 11) is -3.86. The molecule has 0 unspecified atom stereocenters. The maximum Gasteiger partial charge on any atom is 0.303 e. The van der Waals surface area contributed by atoms with E-state index in [0.717, 1.165) is 18.4 Å². The van der Waals surface area contributed by atoms with Crippen LogP contribution in [0.3, 0.4) is 0 Å². The maximum atomic E-state index is 13.3. The number of halogens is 1. The highest BCUT2D eigenvalue weighted by atomic mass is 35.5. The standard InChI is InChI=1S/C20H20ClNO4S/c1-2-3-14-4-8-18(9-5-14)27(25,26)22-17(7-11-20(23)24)13-15-12-16(21)6-10-19(15)22/h4-6,8-10,12-13H,2-3,7,11H2,1H3,(H,23,24). The number of fused-ring (bicyclic) bond motifs is 1. The van der Waals surface area contributed by atoms with E-state index in [-0.39, 0.29) is 17.7 Å². The van der Waals surface area contributed by atoms with Gasteiger partial charge in [0.15, 0.2) is 0 Å². The molecule has 0 atom stereocenters. The Morgan fingerprint density at radius 1 is 1.07 bits per heavy atom. The lowest BCUT2D eigenvalue weighted by Gasteiger charge is -2.12. The Morgan fingerprint density at radius 2 is 1.78 bits per heavy atom. The largest absolute Gasteiger partial charge is 0.481 e. The maximum absolute atomic E-state index is 13.3. The van der Waals surface area contributed by atoms with Crippen LogP contribution in [0.5, 0.6) is 0 Å². The lowest BCUT2D eigenvalue weighted by molar-refractivity contribution is -0.136. The minimum Gasteiger partial charge on any atom is -0.481 e. The molecule has 0 spiro atoms. The molecule has 0 aliphatic rings. The molecular formula is C20H20ClNO4S. The molecule has 1 N–H and O–H groups in total. The summed E-state index contributed by atoms with van der Waals surface area (Å²) in [5, 5.41) is 10.2. The van der Waals surface area contributed by atoms with Crippen molar-refractivity contribution in [3.8, 4) is 0 Å². The normalized spacial score (nSPS) is 11.8. The molecule has 3 rings (SSSR count). The van der Waals surface area contributed by atoms with E-state index in [1.54, 1.807) is 36.4 Å². The predicted molar refractivity (Wildman–Crippen MR) is 106 cm³/mol. The topological polar surface area (TPSA) is 76.4 Å². The van der Waals surface area contributed by atoms with E-state index < -0.39 is 16.0 Å². The highest BCUT2D eigenvalue weighted by Crippen LogP contribution is 2.29. The Kier molecular flexibility index (Phi) is 5.58. The van der Waals surface area contributed by atoms with Gasteiger partial charge in [-0.3, -0.25) is 4.79 Å². The quantitative estimate of drug-likeness (QED) is 0.627. The molecule has 27 heavy (non-hydrogen) atoms. The second-order valence-corrected chi connectivity index (χ2v) is 8.62. The lowest BCUT2D eigenvalue weighted by Crippen LogP contribution is -2.16. The van der Waals surface area contributed by atoms with Gasteiger partial charge in [0, 0.05) is 16.1 Å². The fraction of sp³-hybridized carbons (Fsp3) is 0.250. The van der Waals surface area contributed by atoms with Gasteiger partial charge >= 0.3 is 5.97 Å². The first-order valence-electron chi connectivity index (χ1n) is 8.69. The van der Waals surface area contributed by atoms with Crippen molar-refractivity contribution in [2.45, 2.75) is 37.5 Å². The fourth-order valence-corrected chi connectivity index (χ4v) is 4.88. The van der Waals surface area contributed by atoms with E-state index in [1.807, 2.05) is 12.1 Å². The van der Waals surface area contributed by atoms with Crippen LogP contribution in [0.1, 0.15) is 31.0 Å². The van der Waals surface area contributed by atoms with E-state index in [0.29, 0.717) is 21.6 Å². The average Bonchev–Trinajstić information content (AvgIpc) is 2.99. The first-order valence-corrected chi connectivity index (χ1v) is 10.5. The van der Waals surface area contributed by atoms with Gasteiger partial charge in [0.05, 0.1) is 16.8 Å². The van der Waals surface area contributed by atoms with Crippen LogP contribution in [0.25, 0.3) is 10.9 Å². The minimum absolute atomic E-state index is 0.106. The molecular weight excluding hydrogens is 386 g/mol. The third-order valence-electron chi connectivity index (χ3n) is 4.39. The van der Waals surface area contributed by atoms with E-state index in [9.17, 15) is 13.2 Å². The van der Waals surface area contributed by atoms with Crippen LogP contribution in [0.2, 0.25) is 5.02 Å². The third kappa shape index (κ3) is 4.01. The number of aryl methyl sites for hydroxylation is 2. The molecule has 0 saturated carbocycles. The smallest absolute Gasteiger partial charge is 0.303 e. The third-order valence-corrected chi connectivity index (χ3v) is 6.40. The molecule has 0 fully saturated rings. The van der Waals surface area contributed by atoms with E-state index >= 15 is 0 Å². The highest BCUT2D eigenvalue weighted by molar-refractivity contribution is 7.90. The van der Waals surface area contributed by atoms with E-state index in [4.69, 9.17) is 16.7 Å². The van der Waals surface area contributed by atoms with Crippen LogP contribution < -0.4 is 0 Å². The van der Waals surface area contributed by atoms with E-state index in [2.05, 4.69) is 6.92 Å². The Labute approximate surface area is 163 Å². The molecule has 2 aromatic carbocycles. The van der Waals surface area contributed by atoms with Gasteiger partial charge in [-0.1, -0.05) is 37.1 Å². The van der Waals surface area contributed by atoms with Gasteiger partial charge in [-0.05, 0) is 54.8 Å². The summed E-state index contributed by atoms with van der Waals surface area (Å²) in [5.41, 5.74) is 1.98. The van der Waals surface area contributed by atoms with E-state index in [1.165, 1.54) is 3.97 Å². The highest BCUT2D eigenvalue weighted by Gasteiger charge is 2.23. The summed E-state index contributed by atoms with van der Waals surface area (Å²) in [5.74, 6) is -0.980. The van der Waals surface area contributed by atoms with Gasteiger partial charge in [0.25, 0.3) is 10.0 Å². The first-order chi connectivity index (χ1) is 12.8. The Morgan fingerprint density at radius 3 is 2.41 bits per heavy atom. The number of hydrogen-bond acceptors (Lipinski definition) is 3. The second kappa shape index (κ2) is 7.74. The molecule has 0 amide bonds. The molecule has 142 valence electrons.